The van der Waals surface area contributed by atoms with Gasteiger partial charge in [0, 0.05) is 29.0 Å². The maximum atomic E-state index is 11.5. The summed E-state index contributed by atoms with van der Waals surface area (Å²) in [5.74, 6) is 0.451. The fourth-order valence-electron chi connectivity index (χ4n) is 2.68. The van der Waals surface area contributed by atoms with Gasteiger partial charge in [0.05, 0.1) is 23.7 Å². The molecule has 118 valence electrons. The van der Waals surface area contributed by atoms with Crippen molar-refractivity contribution in [1.82, 2.24) is 9.78 Å². The van der Waals surface area contributed by atoms with E-state index in [4.69, 9.17) is 11.6 Å². The minimum Gasteiger partial charge on any atom is -0.381 e. The first-order valence-electron chi connectivity index (χ1n) is 7.16. The smallest absolute Gasteiger partial charge is 0.152 e. The van der Waals surface area contributed by atoms with E-state index in [1.165, 1.54) is 0 Å². The highest BCUT2D eigenvalue weighted by Crippen LogP contribution is 2.24. The van der Waals surface area contributed by atoms with Crippen LogP contribution in [0.1, 0.15) is 23.6 Å². The predicted octanol–water partition coefficient (Wildman–Crippen LogP) is 2.82. The van der Waals surface area contributed by atoms with Gasteiger partial charge in [0.2, 0.25) is 0 Å². The van der Waals surface area contributed by atoms with Crippen LogP contribution in [0.4, 0.5) is 5.69 Å². The lowest BCUT2D eigenvalue weighted by molar-refractivity contribution is 0.499. The number of anilines is 1. The predicted molar refractivity (Wildman–Crippen MR) is 88.1 cm³/mol. The Bertz CT molecular complexity index is 786. The van der Waals surface area contributed by atoms with Gasteiger partial charge < -0.3 is 5.32 Å². The number of nitrogens with one attached hydrogen (secondary N) is 1. The fourth-order valence-corrected chi connectivity index (χ4v) is 4.61. The van der Waals surface area contributed by atoms with Crippen molar-refractivity contribution >= 4 is 27.1 Å². The number of aryl methyl sites for hydroxylation is 1. The molecule has 1 aromatic heterocycles. The Morgan fingerprint density at radius 1 is 1.45 bits per heavy atom. The fraction of sp³-hybridized carbons (Fsp3) is 0.400. The van der Waals surface area contributed by atoms with Crippen molar-refractivity contribution in [3.8, 4) is 0 Å². The van der Waals surface area contributed by atoms with E-state index in [1.54, 1.807) is 10.9 Å². The Hall–Kier alpha value is -1.53. The molecule has 0 aliphatic carbocycles. The van der Waals surface area contributed by atoms with Crippen LogP contribution in [0.2, 0.25) is 5.02 Å². The second kappa shape index (κ2) is 5.93. The van der Waals surface area contributed by atoms with Crippen molar-refractivity contribution in [2.24, 2.45) is 0 Å². The van der Waals surface area contributed by atoms with Gasteiger partial charge in [-0.15, -0.1) is 0 Å². The molecule has 1 aliphatic rings. The van der Waals surface area contributed by atoms with Gasteiger partial charge in [0.25, 0.3) is 0 Å². The molecule has 1 atom stereocenters. The van der Waals surface area contributed by atoms with E-state index >= 15 is 0 Å². The lowest BCUT2D eigenvalue weighted by Crippen LogP contribution is -2.11. The first kappa shape index (κ1) is 15.4. The average Bonchev–Trinajstić information content (AvgIpc) is 3.04. The lowest BCUT2D eigenvalue weighted by atomic mass is 10.2. The zero-order valence-electron chi connectivity index (χ0n) is 12.3. The molecule has 1 aromatic carbocycles. The summed E-state index contributed by atoms with van der Waals surface area (Å²) in [6, 6.07) is 5.68. The molecule has 3 rings (SSSR count). The van der Waals surface area contributed by atoms with Crippen molar-refractivity contribution in [2.45, 2.75) is 25.9 Å². The van der Waals surface area contributed by atoms with E-state index in [9.17, 15) is 8.42 Å². The minimum absolute atomic E-state index is 0.0315. The number of aromatic nitrogens is 2. The van der Waals surface area contributed by atoms with Crippen LogP contribution in [-0.4, -0.2) is 29.7 Å². The molecular weight excluding hydrogens is 322 g/mol. The van der Waals surface area contributed by atoms with E-state index in [1.807, 2.05) is 31.3 Å². The SMILES string of the molecule is Cc1cc(Cl)ccc1NCc1cnn([C@@H]2CCS(=O)(=O)C2)c1. The summed E-state index contributed by atoms with van der Waals surface area (Å²) < 4.78 is 24.8. The van der Waals surface area contributed by atoms with Gasteiger partial charge in [-0.3, -0.25) is 4.68 Å². The summed E-state index contributed by atoms with van der Waals surface area (Å²) in [4.78, 5) is 0. The molecule has 0 amide bonds. The molecule has 0 unspecified atom stereocenters. The first-order chi connectivity index (χ1) is 10.4. The highest BCUT2D eigenvalue weighted by Gasteiger charge is 2.29. The van der Waals surface area contributed by atoms with E-state index in [0.717, 1.165) is 21.8 Å². The first-order valence-corrected chi connectivity index (χ1v) is 9.36. The highest BCUT2D eigenvalue weighted by molar-refractivity contribution is 7.91. The quantitative estimate of drug-likeness (QED) is 0.930. The standard InChI is InChI=1S/C15H18ClN3O2S/c1-11-6-13(16)2-3-15(11)17-7-12-8-18-19(9-12)14-4-5-22(20,21)10-14/h2-3,6,8-9,14,17H,4-5,7,10H2,1H3/t14-/m1/s1. The summed E-state index contributed by atoms with van der Waals surface area (Å²) in [7, 11) is -2.89. The number of benzene rings is 1. The van der Waals surface area contributed by atoms with Crippen LogP contribution < -0.4 is 5.32 Å². The molecule has 2 aromatic rings. The third kappa shape index (κ3) is 3.44. The number of hydrogen-bond acceptors (Lipinski definition) is 4. The molecule has 5 nitrogen and oxygen atoms in total. The topological polar surface area (TPSA) is 64.0 Å². The number of rotatable bonds is 4. The Labute approximate surface area is 135 Å². The number of halogens is 1. The van der Waals surface area contributed by atoms with Crippen LogP contribution in [-0.2, 0) is 16.4 Å². The van der Waals surface area contributed by atoms with Crippen LogP contribution in [0.3, 0.4) is 0 Å². The number of nitrogens with zero attached hydrogens (tertiary/aromatic N) is 2. The van der Waals surface area contributed by atoms with Crippen molar-refractivity contribution < 1.29 is 8.42 Å². The lowest BCUT2D eigenvalue weighted by Gasteiger charge is -2.09. The van der Waals surface area contributed by atoms with E-state index in [-0.39, 0.29) is 17.5 Å². The molecule has 0 bridgehead atoms. The second-order valence-electron chi connectivity index (χ2n) is 5.70. The molecule has 1 aliphatic heterocycles. The average molecular weight is 340 g/mol. The van der Waals surface area contributed by atoms with Gasteiger partial charge in [-0.1, -0.05) is 11.6 Å². The van der Waals surface area contributed by atoms with Gasteiger partial charge >= 0.3 is 0 Å². The van der Waals surface area contributed by atoms with Crippen LogP contribution in [0, 0.1) is 6.92 Å². The normalized spacial score (nSPS) is 20.2. The molecule has 0 radical (unpaired) electrons. The van der Waals surface area contributed by atoms with Crippen molar-refractivity contribution in [3.63, 3.8) is 0 Å². The zero-order chi connectivity index (χ0) is 15.7. The maximum absolute atomic E-state index is 11.5. The van der Waals surface area contributed by atoms with Gasteiger partial charge in [0.15, 0.2) is 9.84 Å². The Morgan fingerprint density at radius 3 is 2.95 bits per heavy atom. The molecule has 22 heavy (non-hydrogen) atoms. The van der Waals surface area contributed by atoms with E-state index < -0.39 is 9.84 Å². The molecule has 2 heterocycles. The van der Waals surface area contributed by atoms with Crippen molar-refractivity contribution in [1.29, 1.82) is 0 Å². The van der Waals surface area contributed by atoms with Crippen LogP contribution in [0.15, 0.2) is 30.6 Å². The Morgan fingerprint density at radius 2 is 2.27 bits per heavy atom. The summed E-state index contributed by atoms with van der Waals surface area (Å²) in [6.07, 6.45) is 4.35. The monoisotopic (exact) mass is 339 g/mol. The molecule has 0 spiro atoms. The third-order valence-electron chi connectivity index (χ3n) is 3.91. The molecule has 1 N–H and O–H groups in total. The molecule has 1 saturated heterocycles. The largest absolute Gasteiger partial charge is 0.381 e. The van der Waals surface area contributed by atoms with Crippen LogP contribution in [0.25, 0.3) is 0 Å². The maximum Gasteiger partial charge on any atom is 0.152 e. The van der Waals surface area contributed by atoms with Gasteiger partial charge in [-0.25, -0.2) is 8.42 Å². The summed E-state index contributed by atoms with van der Waals surface area (Å²) in [5.41, 5.74) is 3.14. The Balaban J connectivity index is 1.65. The number of sulfone groups is 1. The Kier molecular flexibility index (Phi) is 4.14. The van der Waals surface area contributed by atoms with Crippen molar-refractivity contribution in [2.75, 3.05) is 16.8 Å². The molecule has 0 saturated carbocycles. The highest BCUT2D eigenvalue weighted by atomic mass is 35.5. The van der Waals surface area contributed by atoms with Crippen molar-refractivity contribution in [3.05, 3.63) is 46.7 Å². The van der Waals surface area contributed by atoms with E-state index in [0.29, 0.717) is 13.0 Å². The van der Waals surface area contributed by atoms with Crippen LogP contribution >= 0.6 is 11.6 Å². The van der Waals surface area contributed by atoms with Gasteiger partial charge in [-0.05, 0) is 37.1 Å². The zero-order valence-corrected chi connectivity index (χ0v) is 13.9. The second-order valence-corrected chi connectivity index (χ2v) is 8.36. The summed E-state index contributed by atoms with van der Waals surface area (Å²) >= 11 is 5.94. The summed E-state index contributed by atoms with van der Waals surface area (Å²) in [5, 5.41) is 8.37. The van der Waals surface area contributed by atoms with Gasteiger partial charge in [-0.2, -0.15) is 5.10 Å². The summed E-state index contributed by atoms with van der Waals surface area (Å²) in [6.45, 7) is 2.64. The van der Waals surface area contributed by atoms with E-state index in [2.05, 4.69) is 10.4 Å². The van der Waals surface area contributed by atoms with Gasteiger partial charge in [0.1, 0.15) is 0 Å². The minimum atomic E-state index is -2.89. The number of hydrogen-bond donors (Lipinski definition) is 1. The molecule has 7 heteroatoms. The third-order valence-corrected chi connectivity index (χ3v) is 5.89. The van der Waals surface area contributed by atoms with Crippen LogP contribution in [0.5, 0.6) is 0 Å². The molecule has 1 fully saturated rings. The molecular formula is C15H18ClN3O2S.